The summed E-state index contributed by atoms with van der Waals surface area (Å²) in [6.07, 6.45) is 0. The number of nitrogens with zero attached hydrogens (tertiary/aromatic N) is 2. The van der Waals surface area contributed by atoms with Crippen LogP contribution in [0.4, 0.5) is 11.6 Å². The minimum Gasteiger partial charge on any atom is -0.360 e. The third kappa shape index (κ3) is 3.83. The average Bonchev–Trinajstić information content (AvgIpc) is 3.24. The largest absolute Gasteiger partial charge is 0.360 e. The number of aromatic nitrogens is 2. The van der Waals surface area contributed by atoms with Crippen LogP contribution in [0, 0.1) is 0 Å². The molecule has 0 aliphatic rings. The predicted octanol–water partition coefficient (Wildman–Crippen LogP) is 4.67. The summed E-state index contributed by atoms with van der Waals surface area (Å²) in [7, 11) is -3.78. The Hall–Kier alpha value is -2.97. The Kier molecular flexibility index (Phi) is 4.97. The Morgan fingerprint density at radius 1 is 0.857 bits per heavy atom. The number of para-hydroxylation sites is 2. The molecule has 0 saturated carbocycles. The Morgan fingerprint density at radius 2 is 1.50 bits per heavy atom. The molecule has 1 atom stereocenters. The molecule has 6 nitrogen and oxygen atoms in total. The third-order valence-electron chi connectivity index (χ3n) is 4.18. The summed E-state index contributed by atoms with van der Waals surface area (Å²) >= 11 is 1.62. The van der Waals surface area contributed by atoms with Crippen molar-refractivity contribution in [1.29, 1.82) is 0 Å². The van der Waals surface area contributed by atoms with Crippen LogP contribution in [0.25, 0.3) is 11.0 Å². The summed E-state index contributed by atoms with van der Waals surface area (Å²) in [5.74, 6) is 0.560. The lowest BCUT2D eigenvalue weighted by atomic mass is 10.2. The van der Waals surface area contributed by atoms with Gasteiger partial charge in [0.15, 0.2) is 11.6 Å². The van der Waals surface area contributed by atoms with E-state index in [1.807, 2.05) is 42.6 Å². The first-order chi connectivity index (χ1) is 13.5. The zero-order valence-corrected chi connectivity index (χ0v) is 16.7. The topological polar surface area (TPSA) is 84.0 Å². The summed E-state index contributed by atoms with van der Waals surface area (Å²) in [6.45, 7) is 2.00. The molecule has 8 heteroatoms. The number of benzene rings is 2. The van der Waals surface area contributed by atoms with E-state index < -0.39 is 10.0 Å². The number of hydrogen-bond donors (Lipinski definition) is 2. The fraction of sp³-hybridized carbons (Fsp3) is 0.100. The van der Waals surface area contributed by atoms with Crippen molar-refractivity contribution in [1.82, 2.24) is 9.97 Å². The van der Waals surface area contributed by atoms with E-state index in [1.165, 1.54) is 12.1 Å². The van der Waals surface area contributed by atoms with Crippen LogP contribution in [0.3, 0.4) is 0 Å². The molecule has 4 rings (SSSR count). The lowest BCUT2D eigenvalue weighted by molar-refractivity contribution is 0.601. The number of hydrogen-bond acceptors (Lipinski definition) is 6. The predicted molar refractivity (Wildman–Crippen MR) is 113 cm³/mol. The van der Waals surface area contributed by atoms with Crippen LogP contribution in [-0.2, 0) is 10.0 Å². The normalized spacial score (nSPS) is 12.6. The highest BCUT2D eigenvalue weighted by Gasteiger charge is 2.20. The molecule has 0 unspecified atom stereocenters. The lowest BCUT2D eigenvalue weighted by Gasteiger charge is -2.17. The molecule has 2 heterocycles. The molecule has 0 amide bonds. The number of fused-ring (bicyclic) bond motifs is 1. The van der Waals surface area contributed by atoms with Gasteiger partial charge >= 0.3 is 0 Å². The molecule has 0 fully saturated rings. The summed E-state index contributed by atoms with van der Waals surface area (Å²) < 4.78 is 28.2. The van der Waals surface area contributed by atoms with E-state index in [1.54, 1.807) is 35.6 Å². The minimum absolute atomic E-state index is 0.0459. The SMILES string of the molecule is C[C@@H](Nc1nc2ccccc2nc1NS(=O)(=O)c1ccccc1)c1cccs1. The number of rotatable bonds is 6. The molecule has 2 aromatic heterocycles. The molecular formula is C20H18N4O2S2. The molecule has 0 aliphatic heterocycles. The molecule has 0 saturated heterocycles. The average molecular weight is 411 g/mol. The number of anilines is 2. The first-order valence-electron chi connectivity index (χ1n) is 8.67. The van der Waals surface area contributed by atoms with Gasteiger partial charge in [0, 0.05) is 4.88 Å². The van der Waals surface area contributed by atoms with Crippen molar-refractivity contribution in [2.45, 2.75) is 17.9 Å². The van der Waals surface area contributed by atoms with Crippen LogP contribution in [0.1, 0.15) is 17.8 Å². The van der Waals surface area contributed by atoms with Gasteiger partial charge in [0.25, 0.3) is 10.0 Å². The fourth-order valence-corrected chi connectivity index (χ4v) is 4.54. The Labute approximate surface area is 167 Å². The van der Waals surface area contributed by atoms with E-state index in [0.717, 1.165) is 4.88 Å². The van der Waals surface area contributed by atoms with Gasteiger partial charge < -0.3 is 5.32 Å². The van der Waals surface area contributed by atoms with Gasteiger partial charge in [0.05, 0.1) is 22.0 Å². The van der Waals surface area contributed by atoms with E-state index in [0.29, 0.717) is 16.9 Å². The highest BCUT2D eigenvalue weighted by Crippen LogP contribution is 2.29. The highest BCUT2D eigenvalue weighted by atomic mass is 32.2. The maximum Gasteiger partial charge on any atom is 0.263 e. The van der Waals surface area contributed by atoms with Gasteiger partial charge in [-0.2, -0.15) is 0 Å². The van der Waals surface area contributed by atoms with Gasteiger partial charge in [0.1, 0.15) is 0 Å². The van der Waals surface area contributed by atoms with E-state index in [2.05, 4.69) is 20.0 Å². The quantitative estimate of drug-likeness (QED) is 0.483. The van der Waals surface area contributed by atoms with E-state index in [4.69, 9.17) is 0 Å². The van der Waals surface area contributed by atoms with Gasteiger partial charge in [-0.3, -0.25) is 4.72 Å². The van der Waals surface area contributed by atoms with Crippen molar-refractivity contribution in [2.24, 2.45) is 0 Å². The summed E-state index contributed by atoms with van der Waals surface area (Å²) in [5, 5.41) is 5.29. The smallest absolute Gasteiger partial charge is 0.263 e. The van der Waals surface area contributed by atoms with Crippen molar-refractivity contribution in [2.75, 3.05) is 10.0 Å². The second kappa shape index (κ2) is 7.57. The van der Waals surface area contributed by atoms with Crippen LogP contribution in [0.5, 0.6) is 0 Å². The zero-order valence-electron chi connectivity index (χ0n) is 15.0. The molecule has 0 aliphatic carbocycles. The molecule has 2 aromatic carbocycles. The molecular weight excluding hydrogens is 392 g/mol. The Bertz CT molecular complexity index is 1190. The third-order valence-corrected chi connectivity index (χ3v) is 6.59. The summed E-state index contributed by atoms with van der Waals surface area (Å²) in [5.41, 5.74) is 1.30. The number of nitrogens with one attached hydrogen (secondary N) is 2. The first kappa shape index (κ1) is 18.4. The second-order valence-corrected chi connectivity index (χ2v) is 8.87. The van der Waals surface area contributed by atoms with E-state index in [9.17, 15) is 8.42 Å². The second-order valence-electron chi connectivity index (χ2n) is 6.21. The van der Waals surface area contributed by atoms with Crippen molar-refractivity contribution in [3.8, 4) is 0 Å². The maximum atomic E-state index is 12.8. The number of thiophene rings is 1. The summed E-state index contributed by atoms with van der Waals surface area (Å²) in [6, 6.07) is 19.5. The summed E-state index contributed by atoms with van der Waals surface area (Å²) in [4.78, 5) is 10.4. The van der Waals surface area contributed by atoms with Crippen molar-refractivity contribution in [3.63, 3.8) is 0 Å². The molecule has 0 spiro atoms. The molecule has 28 heavy (non-hydrogen) atoms. The van der Waals surface area contributed by atoms with Gasteiger partial charge in [-0.25, -0.2) is 18.4 Å². The van der Waals surface area contributed by atoms with Gasteiger partial charge in [0.2, 0.25) is 0 Å². The Balaban J connectivity index is 1.75. The van der Waals surface area contributed by atoms with Crippen LogP contribution in [-0.4, -0.2) is 18.4 Å². The standard InChI is InChI=1S/C20H18N4O2S2/c1-14(18-12-7-13-27-18)21-19-20(23-17-11-6-5-10-16(17)22-19)24-28(25,26)15-8-3-2-4-9-15/h2-14H,1H3,(H,21,22)(H,23,24)/t14-/m1/s1. The van der Waals surface area contributed by atoms with Crippen molar-refractivity contribution < 1.29 is 8.42 Å². The molecule has 142 valence electrons. The minimum atomic E-state index is -3.78. The monoisotopic (exact) mass is 410 g/mol. The lowest BCUT2D eigenvalue weighted by Crippen LogP contribution is -2.17. The zero-order chi connectivity index (χ0) is 19.6. The van der Waals surface area contributed by atoms with E-state index in [-0.39, 0.29) is 16.8 Å². The maximum absolute atomic E-state index is 12.8. The molecule has 2 N–H and O–H groups in total. The molecule has 0 radical (unpaired) electrons. The van der Waals surface area contributed by atoms with Crippen molar-refractivity contribution >= 4 is 44.0 Å². The van der Waals surface area contributed by atoms with Gasteiger partial charge in [-0.15, -0.1) is 11.3 Å². The number of sulfonamides is 1. The molecule has 4 aromatic rings. The van der Waals surface area contributed by atoms with Gasteiger partial charge in [-0.1, -0.05) is 36.4 Å². The van der Waals surface area contributed by atoms with E-state index >= 15 is 0 Å². The highest BCUT2D eigenvalue weighted by molar-refractivity contribution is 7.92. The van der Waals surface area contributed by atoms with Crippen LogP contribution >= 0.6 is 11.3 Å². The fourth-order valence-electron chi connectivity index (χ4n) is 2.77. The van der Waals surface area contributed by atoms with Crippen LogP contribution in [0.15, 0.2) is 77.0 Å². The Morgan fingerprint density at radius 3 is 2.14 bits per heavy atom. The van der Waals surface area contributed by atoms with Crippen molar-refractivity contribution in [3.05, 3.63) is 77.0 Å². The van der Waals surface area contributed by atoms with Gasteiger partial charge in [-0.05, 0) is 42.6 Å². The van der Waals surface area contributed by atoms with Crippen LogP contribution < -0.4 is 10.0 Å². The first-order valence-corrected chi connectivity index (χ1v) is 11.0. The van der Waals surface area contributed by atoms with Crippen LogP contribution in [0.2, 0.25) is 0 Å². The molecule has 0 bridgehead atoms.